The van der Waals surface area contributed by atoms with Crippen LogP contribution in [0, 0.1) is 6.92 Å². The van der Waals surface area contributed by atoms with Crippen LogP contribution in [0.2, 0.25) is 0 Å². The van der Waals surface area contributed by atoms with Crippen molar-refractivity contribution < 1.29 is 4.79 Å². The van der Waals surface area contributed by atoms with Crippen molar-refractivity contribution in [3.8, 4) is 0 Å². The predicted octanol–water partition coefficient (Wildman–Crippen LogP) is 4.52. The molecule has 4 heteroatoms. The maximum Gasteiger partial charge on any atom is 0.224 e. The van der Waals surface area contributed by atoms with Gasteiger partial charge in [-0.3, -0.25) is 4.79 Å². The lowest BCUT2D eigenvalue weighted by Crippen LogP contribution is -2.45. The molecule has 2 nitrogen and oxygen atoms in total. The van der Waals surface area contributed by atoms with Gasteiger partial charge >= 0.3 is 0 Å². The molecule has 0 saturated heterocycles. The fourth-order valence-electron chi connectivity index (χ4n) is 3.70. The molecule has 3 rings (SSSR count). The van der Waals surface area contributed by atoms with Gasteiger partial charge in [0.1, 0.15) is 0 Å². The smallest absolute Gasteiger partial charge is 0.224 e. The molecular formula is C15H17Br2NO. The van der Waals surface area contributed by atoms with Gasteiger partial charge in [-0.05, 0) is 43.0 Å². The summed E-state index contributed by atoms with van der Waals surface area (Å²) in [4.78, 5) is 14.6. The van der Waals surface area contributed by atoms with E-state index in [2.05, 4.69) is 50.9 Å². The van der Waals surface area contributed by atoms with Crippen molar-refractivity contribution >= 4 is 43.5 Å². The largest absolute Gasteiger partial charge is 0.307 e. The Morgan fingerprint density at radius 1 is 1.37 bits per heavy atom. The normalized spacial score (nSPS) is 29.1. The summed E-state index contributed by atoms with van der Waals surface area (Å²) in [6.07, 6.45) is 3.56. The molecule has 0 spiro atoms. The Bertz CT molecular complexity index is 543. The molecule has 1 aromatic rings. The van der Waals surface area contributed by atoms with Gasteiger partial charge in [0.15, 0.2) is 0 Å². The van der Waals surface area contributed by atoms with Crippen molar-refractivity contribution in [1.82, 2.24) is 0 Å². The number of hydrogen-bond donors (Lipinski definition) is 0. The maximum atomic E-state index is 12.1. The number of carbonyl (C=O) groups is 1. The number of anilines is 1. The summed E-state index contributed by atoms with van der Waals surface area (Å²) in [5, 5.41) is 0. The molecule has 1 fully saturated rings. The first kappa shape index (κ1) is 13.6. The molecule has 0 aromatic heterocycles. The van der Waals surface area contributed by atoms with Crippen LogP contribution in [0.15, 0.2) is 16.6 Å². The molecule has 0 bridgehead atoms. The van der Waals surface area contributed by atoms with Gasteiger partial charge in [-0.25, -0.2) is 0 Å². The first-order valence-corrected chi connectivity index (χ1v) is 8.45. The highest BCUT2D eigenvalue weighted by molar-refractivity contribution is 9.10. The van der Waals surface area contributed by atoms with Crippen LogP contribution in [0.25, 0.3) is 0 Å². The van der Waals surface area contributed by atoms with E-state index in [0.717, 1.165) is 16.6 Å². The minimum atomic E-state index is 0.158. The number of rotatable bonds is 0. The topological polar surface area (TPSA) is 20.3 Å². The average Bonchev–Trinajstić information content (AvgIpc) is 2.66. The van der Waals surface area contributed by atoms with Gasteiger partial charge in [-0.1, -0.05) is 38.3 Å². The summed E-state index contributed by atoms with van der Waals surface area (Å²) in [6, 6.07) is 4.60. The number of fused-ring (bicyclic) bond motifs is 3. The lowest BCUT2D eigenvalue weighted by molar-refractivity contribution is -0.117. The monoisotopic (exact) mass is 385 g/mol. The number of carbonyl (C=O) groups excluding carboxylic acids is 1. The highest BCUT2D eigenvalue weighted by Gasteiger charge is 2.46. The zero-order valence-corrected chi connectivity index (χ0v) is 14.3. The number of aryl methyl sites for hydroxylation is 1. The third kappa shape index (κ3) is 2.07. The van der Waals surface area contributed by atoms with Gasteiger partial charge in [0.05, 0.1) is 11.7 Å². The first-order valence-electron chi connectivity index (χ1n) is 6.74. The second kappa shape index (κ2) is 4.88. The zero-order chi connectivity index (χ0) is 13.7. The molecule has 1 aliphatic carbocycles. The maximum absolute atomic E-state index is 12.1. The first-order chi connectivity index (χ1) is 9.00. The fourth-order valence-corrected chi connectivity index (χ4v) is 5.22. The summed E-state index contributed by atoms with van der Waals surface area (Å²) < 4.78 is 1.12. The quantitative estimate of drug-likeness (QED) is 0.600. The molecule has 1 saturated carbocycles. The lowest BCUT2D eigenvalue weighted by atomic mass is 9.82. The Morgan fingerprint density at radius 2 is 2.11 bits per heavy atom. The SMILES string of the molecule is CC(=O)N1c2c(C)cc(Br)cc2C2CCCC(Br)C21. The van der Waals surface area contributed by atoms with Crippen LogP contribution < -0.4 is 4.90 Å². The Hall–Kier alpha value is -0.350. The van der Waals surface area contributed by atoms with Gasteiger partial charge in [0.2, 0.25) is 5.91 Å². The van der Waals surface area contributed by atoms with E-state index in [4.69, 9.17) is 0 Å². The molecular weight excluding hydrogens is 370 g/mol. The van der Waals surface area contributed by atoms with Gasteiger partial charge in [0, 0.05) is 22.1 Å². The number of halogens is 2. The Kier molecular flexibility index (Phi) is 3.50. The molecule has 102 valence electrons. The van der Waals surface area contributed by atoms with Crippen molar-refractivity contribution in [2.75, 3.05) is 4.90 Å². The third-order valence-electron chi connectivity index (χ3n) is 4.35. The Morgan fingerprint density at radius 3 is 2.79 bits per heavy atom. The third-order valence-corrected chi connectivity index (χ3v) is 5.81. The molecule has 1 amide bonds. The van der Waals surface area contributed by atoms with Gasteiger partial charge in [-0.2, -0.15) is 0 Å². The van der Waals surface area contributed by atoms with Crippen molar-refractivity contribution in [3.63, 3.8) is 0 Å². The van der Waals surface area contributed by atoms with E-state index < -0.39 is 0 Å². The molecule has 1 aromatic carbocycles. The second-order valence-corrected chi connectivity index (χ2v) is 7.69. The van der Waals surface area contributed by atoms with Crippen LogP contribution in [-0.4, -0.2) is 16.8 Å². The van der Waals surface area contributed by atoms with E-state index in [1.165, 1.54) is 24.0 Å². The predicted molar refractivity (Wildman–Crippen MR) is 85.1 cm³/mol. The number of hydrogen-bond acceptors (Lipinski definition) is 1. The van der Waals surface area contributed by atoms with Crippen molar-refractivity contribution in [2.45, 2.75) is 49.9 Å². The number of alkyl halides is 1. The van der Waals surface area contributed by atoms with Crippen molar-refractivity contribution in [2.24, 2.45) is 0 Å². The van der Waals surface area contributed by atoms with Gasteiger partial charge < -0.3 is 4.90 Å². The standard InChI is InChI=1S/C15H17Br2NO/c1-8-6-10(16)7-12-11-4-3-5-13(17)15(11)18(9(2)19)14(8)12/h6-7,11,13,15H,3-5H2,1-2H3. The van der Waals surface area contributed by atoms with E-state index in [-0.39, 0.29) is 11.9 Å². The van der Waals surface area contributed by atoms with E-state index in [1.807, 2.05) is 4.90 Å². The molecule has 19 heavy (non-hydrogen) atoms. The number of nitrogens with zero attached hydrogens (tertiary/aromatic N) is 1. The highest BCUT2D eigenvalue weighted by atomic mass is 79.9. The lowest BCUT2D eigenvalue weighted by Gasteiger charge is -2.35. The average molecular weight is 387 g/mol. The van der Waals surface area contributed by atoms with Crippen LogP contribution in [-0.2, 0) is 4.79 Å². The summed E-state index contributed by atoms with van der Waals surface area (Å²) in [5.41, 5.74) is 3.68. The van der Waals surface area contributed by atoms with Crippen molar-refractivity contribution in [1.29, 1.82) is 0 Å². The van der Waals surface area contributed by atoms with Crippen LogP contribution in [0.1, 0.15) is 43.2 Å². The molecule has 1 aliphatic heterocycles. The molecule has 1 heterocycles. The summed E-state index contributed by atoms with van der Waals surface area (Å²) in [6.45, 7) is 3.78. The molecule has 0 radical (unpaired) electrons. The zero-order valence-electron chi connectivity index (χ0n) is 11.1. The second-order valence-electron chi connectivity index (χ2n) is 5.59. The number of benzene rings is 1. The number of amides is 1. The van der Waals surface area contributed by atoms with Crippen LogP contribution in [0.4, 0.5) is 5.69 Å². The molecule has 3 unspecified atom stereocenters. The molecule has 3 atom stereocenters. The van der Waals surface area contributed by atoms with E-state index in [0.29, 0.717) is 10.7 Å². The molecule has 2 aliphatic rings. The summed E-state index contributed by atoms with van der Waals surface area (Å²) in [7, 11) is 0. The van der Waals surface area contributed by atoms with Crippen molar-refractivity contribution in [3.05, 3.63) is 27.7 Å². The molecule has 0 N–H and O–H groups in total. The van der Waals surface area contributed by atoms with Crippen LogP contribution in [0.5, 0.6) is 0 Å². The van der Waals surface area contributed by atoms with Crippen LogP contribution in [0.3, 0.4) is 0 Å². The van der Waals surface area contributed by atoms with Gasteiger partial charge in [0.25, 0.3) is 0 Å². The Labute approximate surface area is 130 Å². The van der Waals surface area contributed by atoms with Gasteiger partial charge in [-0.15, -0.1) is 0 Å². The minimum absolute atomic E-state index is 0.158. The van der Waals surface area contributed by atoms with E-state index >= 15 is 0 Å². The van der Waals surface area contributed by atoms with Crippen LogP contribution >= 0.6 is 31.9 Å². The minimum Gasteiger partial charge on any atom is -0.307 e. The Balaban J connectivity index is 2.19. The summed E-state index contributed by atoms with van der Waals surface area (Å²) in [5.74, 6) is 0.638. The van der Waals surface area contributed by atoms with E-state index in [9.17, 15) is 4.79 Å². The summed E-state index contributed by atoms with van der Waals surface area (Å²) >= 11 is 7.39. The fraction of sp³-hybridized carbons (Fsp3) is 0.533. The highest BCUT2D eigenvalue weighted by Crippen LogP contribution is 2.51. The van der Waals surface area contributed by atoms with E-state index in [1.54, 1.807) is 6.92 Å².